The Morgan fingerprint density at radius 3 is 2.09 bits per heavy atom. The van der Waals surface area contributed by atoms with Gasteiger partial charge in [0.15, 0.2) is 0 Å². The zero-order valence-electron chi connectivity index (χ0n) is 21.3. The topological polar surface area (TPSA) is 117 Å². The third kappa shape index (κ3) is 7.91. The average molecular weight is 486 g/mol. The van der Waals surface area contributed by atoms with Crippen molar-refractivity contribution in [2.45, 2.75) is 58.7 Å². The minimum absolute atomic E-state index is 0.135. The molecule has 0 fully saturated rings. The minimum Gasteiger partial charge on any atom is -0.508 e. The van der Waals surface area contributed by atoms with Gasteiger partial charge in [-0.3, -0.25) is 9.59 Å². The van der Waals surface area contributed by atoms with Crippen molar-refractivity contribution in [3.05, 3.63) is 54.1 Å². The normalized spacial score (nSPS) is 12.3. The molecular formula is C26H35N3O6. The molecule has 2 rings (SSSR count). The van der Waals surface area contributed by atoms with Crippen molar-refractivity contribution in [3.63, 3.8) is 0 Å². The maximum Gasteiger partial charge on any atom is 0.408 e. The predicted octanol–water partition coefficient (Wildman–Crippen LogP) is 4.23. The second-order valence-corrected chi connectivity index (χ2v) is 9.97. The van der Waals surface area contributed by atoms with Crippen LogP contribution >= 0.6 is 0 Å². The maximum absolute atomic E-state index is 13.6. The summed E-state index contributed by atoms with van der Waals surface area (Å²) in [7, 11) is 1.54. The van der Waals surface area contributed by atoms with Gasteiger partial charge < -0.3 is 30.1 Å². The van der Waals surface area contributed by atoms with Crippen LogP contribution in [-0.4, -0.2) is 52.7 Å². The molecule has 9 nitrogen and oxygen atoms in total. The molecule has 0 aliphatic rings. The fourth-order valence-electron chi connectivity index (χ4n) is 3.45. The van der Waals surface area contributed by atoms with Crippen molar-refractivity contribution in [1.29, 1.82) is 0 Å². The van der Waals surface area contributed by atoms with Crippen LogP contribution in [0.2, 0.25) is 0 Å². The lowest BCUT2D eigenvalue weighted by Crippen LogP contribution is -2.54. The summed E-state index contributed by atoms with van der Waals surface area (Å²) in [5.74, 6) is -0.566. The molecule has 2 aromatic rings. The Balaban J connectivity index is 2.41. The number of para-hydroxylation sites is 1. The molecule has 0 spiro atoms. The summed E-state index contributed by atoms with van der Waals surface area (Å²) in [6.45, 7) is 10.1. The van der Waals surface area contributed by atoms with E-state index in [-0.39, 0.29) is 11.3 Å². The highest BCUT2D eigenvalue weighted by atomic mass is 16.6. The molecule has 0 radical (unpaired) electrons. The molecule has 190 valence electrons. The van der Waals surface area contributed by atoms with Gasteiger partial charge in [0.05, 0.1) is 7.11 Å². The zero-order chi connectivity index (χ0) is 26.4. The number of anilines is 1. The van der Waals surface area contributed by atoms with Crippen LogP contribution in [0.3, 0.4) is 0 Å². The van der Waals surface area contributed by atoms with Crippen molar-refractivity contribution >= 4 is 23.6 Å². The van der Waals surface area contributed by atoms with E-state index in [0.29, 0.717) is 11.4 Å². The first kappa shape index (κ1) is 27.5. The Morgan fingerprint density at radius 1 is 0.971 bits per heavy atom. The zero-order valence-corrected chi connectivity index (χ0v) is 21.3. The van der Waals surface area contributed by atoms with Gasteiger partial charge in [-0.25, -0.2) is 4.79 Å². The lowest BCUT2D eigenvalue weighted by molar-refractivity contribution is -0.144. The highest BCUT2D eigenvalue weighted by Gasteiger charge is 2.39. The molecule has 9 heteroatoms. The number of hydrogen-bond acceptors (Lipinski definition) is 6. The molecule has 0 aliphatic heterocycles. The fraction of sp³-hybridized carbons (Fsp3) is 0.423. The second-order valence-electron chi connectivity index (χ2n) is 9.97. The van der Waals surface area contributed by atoms with Crippen molar-refractivity contribution in [3.8, 4) is 11.5 Å². The highest BCUT2D eigenvalue weighted by molar-refractivity contribution is 5.99. The lowest BCUT2D eigenvalue weighted by atomic mass is 9.96. The van der Waals surface area contributed by atoms with E-state index < -0.39 is 41.6 Å². The van der Waals surface area contributed by atoms with E-state index in [1.807, 2.05) is 0 Å². The predicted molar refractivity (Wildman–Crippen MR) is 133 cm³/mol. The summed E-state index contributed by atoms with van der Waals surface area (Å²) in [4.78, 5) is 40.5. The van der Waals surface area contributed by atoms with Crippen LogP contribution in [0.25, 0.3) is 0 Å². The van der Waals surface area contributed by atoms with E-state index >= 15 is 0 Å². The van der Waals surface area contributed by atoms with Crippen LogP contribution in [-0.2, 0) is 14.3 Å². The fourth-order valence-corrected chi connectivity index (χ4v) is 3.45. The summed E-state index contributed by atoms with van der Waals surface area (Å²) in [6, 6.07) is 11.9. The first-order valence-electron chi connectivity index (χ1n) is 11.2. The Hall–Kier alpha value is -3.75. The van der Waals surface area contributed by atoms with Gasteiger partial charge in [0, 0.05) is 16.8 Å². The molecule has 3 N–H and O–H groups in total. The molecule has 0 heterocycles. The number of hydrogen-bond donors (Lipinski definition) is 3. The van der Waals surface area contributed by atoms with Gasteiger partial charge in [-0.05, 0) is 71.9 Å². The van der Waals surface area contributed by atoms with Gasteiger partial charge in [0.1, 0.15) is 29.7 Å². The number of aromatic hydroxyl groups is 1. The van der Waals surface area contributed by atoms with Gasteiger partial charge in [-0.1, -0.05) is 18.2 Å². The number of carbonyl (C=O) groups is 3. The molecule has 0 saturated carbocycles. The molecule has 0 bridgehead atoms. The lowest BCUT2D eigenvalue weighted by Gasteiger charge is -2.41. The van der Waals surface area contributed by atoms with Gasteiger partial charge in [0.25, 0.3) is 5.91 Å². The number of nitrogens with one attached hydrogen (secondary N) is 2. The molecule has 0 saturated heterocycles. The summed E-state index contributed by atoms with van der Waals surface area (Å²) < 4.78 is 10.4. The SMILES string of the molecule is COc1ccc(NC(=O)C(c2ccccc2O)N(C(=O)CNC(=O)OC(C)(C)C)C(C)(C)C)cc1. The molecule has 2 aromatic carbocycles. The molecule has 35 heavy (non-hydrogen) atoms. The van der Waals surface area contributed by atoms with Crippen LogP contribution in [0, 0.1) is 0 Å². The third-order valence-electron chi connectivity index (χ3n) is 4.87. The van der Waals surface area contributed by atoms with Crippen molar-refractivity contribution in [1.82, 2.24) is 10.2 Å². The smallest absolute Gasteiger partial charge is 0.408 e. The average Bonchev–Trinajstić information content (AvgIpc) is 2.75. The van der Waals surface area contributed by atoms with Crippen LogP contribution in [0.4, 0.5) is 10.5 Å². The van der Waals surface area contributed by atoms with Gasteiger partial charge in [-0.2, -0.15) is 0 Å². The number of phenols is 1. The summed E-state index contributed by atoms with van der Waals surface area (Å²) >= 11 is 0. The van der Waals surface area contributed by atoms with Crippen molar-refractivity contribution in [2.24, 2.45) is 0 Å². The van der Waals surface area contributed by atoms with Gasteiger partial charge >= 0.3 is 6.09 Å². The molecule has 0 aliphatic carbocycles. The number of amides is 3. The molecule has 1 unspecified atom stereocenters. The minimum atomic E-state index is -1.19. The standard InChI is InChI=1S/C26H35N3O6/c1-25(2,3)29(21(31)16-27-24(33)35-26(4,5)6)22(19-10-8-9-11-20(19)30)23(32)28-17-12-14-18(34-7)15-13-17/h8-15,22,30H,16H2,1-7H3,(H,27,33)(H,28,32). The maximum atomic E-state index is 13.6. The Bertz CT molecular complexity index is 1040. The van der Waals surface area contributed by atoms with Crippen LogP contribution in [0.5, 0.6) is 11.5 Å². The van der Waals surface area contributed by atoms with Crippen molar-refractivity contribution in [2.75, 3.05) is 19.0 Å². The highest BCUT2D eigenvalue weighted by Crippen LogP contribution is 2.34. The van der Waals surface area contributed by atoms with Crippen molar-refractivity contribution < 1.29 is 29.0 Å². The van der Waals surface area contributed by atoms with Crippen LogP contribution in [0.15, 0.2) is 48.5 Å². The first-order chi connectivity index (χ1) is 16.2. The number of methoxy groups -OCH3 is 1. The van der Waals surface area contributed by atoms with Gasteiger partial charge in [0.2, 0.25) is 5.91 Å². The number of ether oxygens (including phenoxy) is 2. The van der Waals surface area contributed by atoms with E-state index in [2.05, 4.69) is 10.6 Å². The Morgan fingerprint density at radius 2 is 1.57 bits per heavy atom. The van der Waals surface area contributed by atoms with Gasteiger partial charge in [-0.15, -0.1) is 0 Å². The Labute approximate surface area is 206 Å². The largest absolute Gasteiger partial charge is 0.508 e. The second kappa shape index (κ2) is 11.1. The number of rotatable bonds is 7. The molecule has 0 aromatic heterocycles. The summed E-state index contributed by atoms with van der Waals surface area (Å²) in [5.41, 5.74) is -0.840. The molecule has 1 atom stereocenters. The van der Waals surface area contributed by atoms with E-state index in [0.717, 1.165) is 0 Å². The van der Waals surface area contributed by atoms with Crippen LogP contribution in [0.1, 0.15) is 53.1 Å². The van der Waals surface area contributed by atoms with Crippen LogP contribution < -0.4 is 15.4 Å². The van der Waals surface area contributed by atoms with E-state index in [4.69, 9.17) is 9.47 Å². The van der Waals surface area contributed by atoms with E-state index in [1.54, 1.807) is 91.1 Å². The molecule has 3 amide bonds. The number of alkyl carbamates (subject to hydrolysis) is 1. The molecular weight excluding hydrogens is 450 g/mol. The monoisotopic (exact) mass is 485 g/mol. The summed E-state index contributed by atoms with van der Waals surface area (Å²) in [5, 5.41) is 15.8. The van der Waals surface area contributed by atoms with E-state index in [9.17, 15) is 19.5 Å². The number of phenolic OH excluding ortho intramolecular Hbond substituents is 1. The first-order valence-corrected chi connectivity index (χ1v) is 11.2. The quantitative estimate of drug-likeness (QED) is 0.540. The Kier molecular flexibility index (Phi) is 8.73. The van der Waals surface area contributed by atoms with E-state index in [1.165, 1.54) is 11.0 Å². The number of benzene rings is 2. The third-order valence-corrected chi connectivity index (χ3v) is 4.87. The number of carbonyl (C=O) groups excluding carboxylic acids is 3. The summed E-state index contributed by atoms with van der Waals surface area (Å²) in [6.07, 6.45) is -0.749. The number of nitrogens with zero attached hydrogens (tertiary/aromatic N) is 1.